The van der Waals surface area contributed by atoms with Crippen molar-refractivity contribution in [2.75, 3.05) is 19.4 Å². The number of halogens is 2. The zero-order valence-corrected chi connectivity index (χ0v) is 24.3. The summed E-state index contributed by atoms with van der Waals surface area (Å²) in [5.74, 6) is 1.57. The van der Waals surface area contributed by atoms with Crippen LogP contribution in [0.25, 0.3) is 0 Å². The fourth-order valence-corrected chi connectivity index (χ4v) is 5.28. The zero-order valence-electron chi connectivity index (χ0n) is 22.0. The van der Waals surface area contributed by atoms with Crippen LogP contribution in [-0.2, 0) is 28.3 Å². The molecule has 0 saturated carbocycles. The molecule has 0 saturated heterocycles. The predicted octanol–water partition coefficient (Wildman–Crippen LogP) is 6.65. The quantitative estimate of drug-likeness (QED) is 0.249. The molecule has 3 aromatic rings. The second-order valence-electron chi connectivity index (χ2n) is 9.41. The van der Waals surface area contributed by atoms with Crippen molar-refractivity contribution in [1.82, 2.24) is 10.2 Å². The second kappa shape index (κ2) is 15.1. The number of nitrogens with zero attached hydrogens (tertiary/aromatic N) is 1. The van der Waals surface area contributed by atoms with E-state index in [0.717, 1.165) is 16.9 Å². The largest absolute Gasteiger partial charge is 0.497 e. The Morgan fingerprint density at radius 1 is 0.921 bits per heavy atom. The highest BCUT2D eigenvalue weighted by molar-refractivity contribution is 7.99. The lowest BCUT2D eigenvalue weighted by Gasteiger charge is -2.32. The van der Waals surface area contributed by atoms with Crippen LogP contribution in [0.3, 0.4) is 0 Å². The average Bonchev–Trinajstić information content (AvgIpc) is 2.91. The normalized spacial score (nSPS) is 11.7. The van der Waals surface area contributed by atoms with Gasteiger partial charge in [-0.1, -0.05) is 85.6 Å². The number of rotatable bonds is 13. The summed E-state index contributed by atoms with van der Waals surface area (Å²) in [5, 5.41) is 3.95. The molecule has 1 N–H and O–H groups in total. The van der Waals surface area contributed by atoms with Crippen molar-refractivity contribution in [2.45, 2.75) is 38.6 Å². The molecule has 0 radical (unpaired) electrons. The van der Waals surface area contributed by atoms with Gasteiger partial charge in [-0.05, 0) is 41.3 Å². The van der Waals surface area contributed by atoms with Crippen LogP contribution in [0.15, 0.2) is 72.8 Å². The molecule has 0 aliphatic heterocycles. The Kier molecular flexibility index (Phi) is 11.8. The van der Waals surface area contributed by atoms with Crippen LogP contribution in [-0.4, -0.2) is 42.2 Å². The minimum atomic E-state index is -0.724. The molecular formula is C30H34Cl2N2O3S. The molecule has 3 aromatic carbocycles. The number of nitrogens with one attached hydrogen (secondary N) is 1. The number of ether oxygens (including phenoxy) is 1. The molecule has 3 rings (SSSR count). The molecule has 0 heterocycles. The van der Waals surface area contributed by atoms with E-state index in [1.54, 1.807) is 30.2 Å². The maximum absolute atomic E-state index is 13.8. The van der Waals surface area contributed by atoms with Crippen molar-refractivity contribution in [3.8, 4) is 5.75 Å². The molecule has 1 atom stereocenters. The van der Waals surface area contributed by atoms with E-state index in [4.69, 9.17) is 27.9 Å². The van der Waals surface area contributed by atoms with Gasteiger partial charge in [0.1, 0.15) is 11.8 Å². The van der Waals surface area contributed by atoms with Crippen LogP contribution in [0.2, 0.25) is 10.0 Å². The van der Waals surface area contributed by atoms with Crippen LogP contribution < -0.4 is 10.1 Å². The third-order valence-electron chi connectivity index (χ3n) is 6.00. The molecule has 0 fully saturated rings. The second-order valence-corrected chi connectivity index (χ2v) is 11.2. The lowest BCUT2D eigenvalue weighted by Crippen LogP contribution is -2.51. The van der Waals surface area contributed by atoms with Crippen molar-refractivity contribution < 1.29 is 14.3 Å². The molecule has 202 valence electrons. The first-order valence-electron chi connectivity index (χ1n) is 12.5. The number of amides is 2. The standard InChI is InChI=1S/C30H34Cl2N2O3S/c1-21(2)17-33-30(36)28(16-22-8-5-4-6-9-22)34(18-25-26(31)10-7-11-27(25)32)29(35)20-38-19-23-12-14-24(37-3)15-13-23/h4-15,21,28H,16-20H2,1-3H3,(H,33,36). The van der Waals surface area contributed by atoms with Crippen LogP contribution in [0.4, 0.5) is 0 Å². The van der Waals surface area contributed by atoms with E-state index in [-0.39, 0.29) is 30.0 Å². The SMILES string of the molecule is COc1ccc(CSCC(=O)N(Cc2c(Cl)cccc2Cl)C(Cc2ccccc2)C(=O)NCC(C)C)cc1. The first-order valence-corrected chi connectivity index (χ1v) is 14.4. The Morgan fingerprint density at radius 2 is 1.58 bits per heavy atom. The first kappa shape index (κ1) is 29.9. The van der Waals surface area contributed by atoms with Gasteiger partial charge in [-0.3, -0.25) is 9.59 Å². The van der Waals surface area contributed by atoms with Gasteiger partial charge in [0.2, 0.25) is 11.8 Å². The van der Waals surface area contributed by atoms with E-state index in [1.165, 1.54) is 11.8 Å². The van der Waals surface area contributed by atoms with Crippen molar-refractivity contribution in [3.05, 3.63) is 99.5 Å². The highest BCUT2D eigenvalue weighted by Gasteiger charge is 2.31. The Balaban J connectivity index is 1.87. The maximum atomic E-state index is 13.8. The number of benzene rings is 3. The van der Waals surface area contributed by atoms with Gasteiger partial charge in [-0.25, -0.2) is 0 Å². The van der Waals surface area contributed by atoms with E-state index in [0.29, 0.717) is 34.3 Å². The van der Waals surface area contributed by atoms with E-state index < -0.39 is 6.04 Å². The first-order chi connectivity index (χ1) is 18.3. The van der Waals surface area contributed by atoms with Crippen LogP contribution in [0, 0.1) is 5.92 Å². The fraction of sp³-hybridized carbons (Fsp3) is 0.333. The third-order valence-corrected chi connectivity index (χ3v) is 7.70. The predicted molar refractivity (Wildman–Crippen MR) is 158 cm³/mol. The van der Waals surface area contributed by atoms with Gasteiger partial charge in [0.15, 0.2) is 0 Å². The zero-order chi connectivity index (χ0) is 27.5. The lowest BCUT2D eigenvalue weighted by atomic mass is 10.0. The Labute approximate surface area is 239 Å². The van der Waals surface area contributed by atoms with Gasteiger partial charge in [0.25, 0.3) is 0 Å². The molecule has 0 spiro atoms. The fourth-order valence-electron chi connectivity index (χ4n) is 3.89. The van der Waals surface area contributed by atoms with Crippen LogP contribution in [0.5, 0.6) is 5.75 Å². The summed E-state index contributed by atoms with van der Waals surface area (Å²) in [5.41, 5.74) is 2.67. The number of carbonyl (C=O) groups excluding carboxylic acids is 2. The summed E-state index contributed by atoms with van der Waals surface area (Å²) in [4.78, 5) is 28.9. The molecule has 2 amide bonds. The Bertz CT molecular complexity index is 1170. The van der Waals surface area contributed by atoms with Crippen molar-refractivity contribution in [1.29, 1.82) is 0 Å². The van der Waals surface area contributed by atoms with Gasteiger partial charge < -0.3 is 15.0 Å². The lowest BCUT2D eigenvalue weighted by molar-refractivity contribution is -0.139. The molecule has 0 aliphatic carbocycles. The Morgan fingerprint density at radius 3 is 2.18 bits per heavy atom. The maximum Gasteiger partial charge on any atom is 0.243 e. The van der Waals surface area contributed by atoms with Crippen LogP contribution in [0.1, 0.15) is 30.5 Å². The molecule has 5 nitrogen and oxygen atoms in total. The van der Waals surface area contributed by atoms with E-state index >= 15 is 0 Å². The van der Waals surface area contributed by atoms with E-state index in [1.807, 2.05) is 68.4 Å². The summed E-state index contributed by atoms with van der Waals surface area (Å²) < 4.78 is 5.22. The van der Waals surface area contributed by atoms with Gasteiger partial charge in [-0.2, -0.15) is 0 Å². The van der Waals surface area contributed by atoms with Crippen molar-refractivity contribution in [2.24, 2.45) is 5.92 Å². The summed E-state index contributed by atoms with van der Waals surface area (Å²) in [6.45, 7) is 4.72. The van der Waals surface area contributed by atoms with Crippen molar-refractivity contribution >= 4 is 46.8 Å². The minimum Gasteiger partial charge on any atom is -0.497 e. The summed E-state index contributed by atoms with van der Waals surface area (Å²) in [7, 11) is 1.63. The third kappa shape index (κ3) is 8.97. The Hall–Kier alpha value is -2.67. The van der Waals surface area contributed by atoms with E-state index in [2.05, 4.69) is 5.32 Å². The van der Waals surface area contributed by atoms with Crippen LogP contribution >= 0.6 is 35.0 Å². The van der Waals surface area contributed by atoms with Gasteiger partial charge in [-0.15, -0.1) is 11.8 Å². The smallest absolute Gasteiger partial charge is 0.243 e. The minimum absolute atomic E-state index is 0.132. The number of carbonyl (C=O) groups is 2. The molecule has 1 unspecified atom stereocenters. The summed E-state index contributed by atoms with van der Waals surface area (Å²) >= 11 is 14.5. The number of hydrogen-bond acceptors (Lipinski definition) is 4. The average molecular weight is 574 g/mol. The summed E-state index contributed by atoms with van der Waals surface area (Å²) in [6, 6.07) is 22.0. The molecule has 8 heteroatoms. The van der Waals surface area contributed by atoms with Gasteiger partial charge in [0.05, 0.1) is 12.9 Å². The molecule has 38 heavy (non-hydrogen) atoms. The number of methoxy groups -OCH3 is 1. The van der Waals surface area contributed by atoms with Gasteiger partial charge >= 0.3 is 0 Å². The summed E-state index contributed by atoms with van der Waals surface area (Å²) in [6.07, 6.45) is 0.377. The van der Waals surface area contributed by atoms with Gasteiger partial charge in [0, 0.05) is 40.9 Å². The number of thioether (sulfide) groups is 1. The molecular weight excluding hydrogens is 539 g/mol. The van der Waals surface area contributed by atoms with Crippen molar-refractivity contribution in [3.63, 3.8) is 0 Å². The molecule has 0 bridgehead atoms. The number of hydrogen-bond donors (Lipinski definition) is 1. The highest BCUT2D eigenvalue weighted by Crippen LogP contribution is 2.28. The monoisotopic (exact) mass is 572 g/mol. The van der Waals surface area contributed by atoms with E-state index in [9.17, 15) is 9.59 Å². The molecule has 0 aliphatic rings. The topological polar surface area (TPSA) is 58.6 Å². The molecule has 0 aromatic heterocycles. The highest BCUT2D eigenvalue weighted by atomic mass is 35.5.